The third kappa shape index (κ3) is 3.02. The van der Waals surface area contributed by atoms with E-state index in [4.69, 9.17) is 5.11 Å². The minimum Gasteiger partial charge on any atom is -0.507 e. The Balaban J connectivity index is 0.00000176. The van der Waals surface area contributed by atoms with Crippen LogP contribution in [0.15, 0.2) is 11.1 Å². The number of aliphatic carboxylic acids is 1. The summed E-state index contributed by atoms with van der Waals surface area (Å²) in [6.07, 6.45) is 5.55. The Morgan fingerprint density at radius 2 is 2.05 bits per heavy atom. The minimum atomic E-state index is -0.962. The van der Waals surface area contributed by atoms with Gasteiger partial charge in [0.05, 0.1) is 0 Å². The maximum Gasteiger partial charge on any atom is 0.328 e. The van der Waals surface area contributed by atoms with Crippen molar-refractivity contribution in [2.24, 2.45) is 4.99 Å². The van der Waals surface area contributed by atoms with Gasteiger partial charge >= 0.3 is 5.97 Å². The van der Waals surface area contributed by atoms with Gasteiger partial charge in [0, 0.05) is 55.6 Å². The van der Waals surface area contributed by atoms with Crippen molar-refractivity contribution in [3.05, 3.63) is 22.8 Å². The number of benzene rings is 1. The average molecular weight is 354 g/mol. The summed E-state index contributed by atoms with van der Waals surface area (Å²) in [5.74, 6) is -0.696. The third-order valence-corrected chi connectivity index (χ3v) is 4.32. The zero-order chi connectivity index (χ0) is 15.0. The summed E-state index contributed by atoms with van der Waals surface area (Å²) in [5, 5.41) is 19.4. The molecule has 2 N–H and O–H groups in total. The van der Waals surface area contributed by atoms with Gasteiger partial charge in [-0.25, -0.2) is 4.79 Å². The van der Waals surface area contributed by atoms with Crippen LogP contribution >= 0.6 is 0 Å². The molecular weight excluding hydrogens is 334 g/mol. The molecule has 1 atom stereocenters. The number of rotatable bonds is 3. The van der Waals surface area contributed by atoms with Crippen LogP contribution in [-0.2, 0) is 37.1 Å². The number of aryl methyl sites for hydroxylation is 1. The van der Waals surface area contributed by atoms with Crippen molar-refractivity contribution < 1.29 is 34.5 Å². The van der Waals surface area contributed by atoms with Gasteiger partial charge in [0.15, 0.2) is 0 Å². The molecule has 1 aromatic carbocycles. The van der Waals surface area contributed by atoms with E-state index in [1.807, 2.05) is 6.07 Å². The van der Waals surface area contributed by atoms with Crippen LogP contribution in [0, 0.1) is 0 Å². The molecule has 3 rings (SSSR count). The number of phenolic OH excluding ortho intramolecular Hbond substituents is 1. The van der Waals surface area contributed by atoms with E-state index < -0.39 is 12.0 Å². The van der Waals surface area contributed by atoms with Crippen LogP contribution in [-0.4, -0.2) is 41.5 Å². The zero-order valence-electron chi connectivity index (χ0n) is 12.9. The summed E-state index contributed by atoms with van der Waals surface area (Å²) in [6, 6.07) is 1.16. The number of phenols is 1. The van der Waals surface area contributed by atoms with E-state index in [9.17, 15) is 9.90 Å². The standard InChI is InChI=1S/C16H20N2O3.Zn/c1-10(16(20)21)17-9-12-8-11-4-2-6-18-7-3-5-13(14(11)18)15(12)19;/h8-10,19H,2-7H2,1H3,(H,20,21);. The molecule has 0 bridgehead atoms. The Morgan fingerprint density at radius 1 is 1.36 bits per heavy atom. The Hall–Kier alpha value is -1.42. The number of nitrogens with zero attached hydrogens (tertiary/aromatic N) is 2. The Bertz CT molecular complexity index is 614. The second-order valence-corrected chi connectivity index (χ2v) is 5.79. The molecule has 0 radical (unpaired) electrons. The van der Waals surface area contributed by atoms with Gasteiger partial charge in [0.1, 0.15) is 11.8 Å². The maximum absolute atomic E-state index is 10.8. The van der Waals surface area contributed by atoms with E-state index in [2.05, 4.69) is 9.89 Å². The summed E-state index contributed by atoms with van der Waals surface area (Å²) < 4.78 is 0. The second-order valence-electron chi connectivity index (χ2n) is 5.79. The van der Waals surface area contributed by atoms with Crippen LogP contribution in [0.2, 0.25) is 0 Å². The normalized spacial score (nSPS) is 17.8. The fraction of sp³-hybridized carbons (Fsp3) is 0.500. The molecule has 114 valence electrons. The zero-order valence-corrected chi connectivity index (χ0v) is 15.8. The predicted molar refractivity (Wildman–Crippen MR) is 81.7 cm³/mol. The first-order valence-electron chi connectivity index (χ1n) is 7.46. The smallest absolute Gasteiger partial charge is 0.328 e. The van der Waals surface area contributed by atoms with E-state index in [0.29, 0.717) is 5.56 Å². The fourth-order valence-electron chi connectivity index (χ4n) is 3.22. The molecule has 2 heterocycles. The number of hydrogen-bond donors (Lipinski definition) is 2. The van der Waals surface area contributed by atoms with Crippen LogP contribution in [0.4, 0.5) is 5.69 Å². The van der Waals surface area contributed by atoms with Gasteiger partial charge in [0.25, 0.3) is 0 Å². The number of carboxylic acids is 1. The van der Waals surface area contributed by atoms with Crippen molar-refractivity contribution in [3.63, 3.8) is 0 Å². The van der Waals surface area contributed by atoms with E-state index in [1.165, 1.54) is 24.4 Å². The van der Waals surface area contributed by atoms with Gasteiger partial charge in [-0.05, 0) is 44.2 Å². The van der Waals surface area contributed by atoms with Gasteiger partial charge in [-0.1, -0.05) is 0 Å². The number of carbonyl (C=O) groups is 1. The number of anilines is 1. The van der Waals surface area contributed by atoms with Crippen LogP contribution in [0.5, 0.6) is 5.75 Å². The molecular formula is C16H20N2O3Zn. The molecule has 2 aliphatic heterocycles. The molecule has 0 aromatic heterocycles. The van der Waals surface area contributed by atoms with Crippen molar-refractivity contribution in [1.29, 1.82) is 0 Å². The van der Waals surface area contributed by atoms with Crippen molar-refractivity contribution in [1.82, 2.24) is 0 Å². The molecule has 1 aromatic rings. The first kappa shape index (κ1) is 16.9. The van der Waals surface area contributed by atoms with Gasteiger partial charge in [-0.2, -0.15) is 0 Å². The first-order chi connectivity index (χ1) is 10.1. The molecule has 5 nitrogen and oxygen atoms in total. The SMILES string of the molecule is CC(N=Cc1cc2c3c(c1O)CCCN3CCC2)C(=O)O.[Zn]. The third-order valence-electron chi connectivity index (χ3n) is 4.32. The monoisotopic (exact) mass is 352 g/mol. The molecule has 22 heavy (non-hydrogen) atoms. The fourth-order valence-corrected chi connectivity index (χ4v) is 3.22. The number of aromatic hydroxyl groups is 1. The van der Waals surface area contributed by atoms with Crippen LogP contribution in [0.1, 0.15) is 36.5 Å². The Labute approximate surface area is 142 Å². The number of aliphatic imine (C=N–C) groups is 1. The summed E-state index contributed by atoms with van der Waals surface area (Å²) in [5.41, 5.74) is 4.09. The van der Waals surface area contributed by atoms with Crippen molar-refractivity contribution in [2.45, 2.75) is 38.6 Å². The van der Waals surface area contributed by atoms with Gasteiger partial charge in [-0.15, -0.1) is 0 Å². The molecule has 0 fully saturated rings. The molecule has 1 unspecified atom stereocenters. The van der Waals surface area contributed by atoms with Crippen molar-refractivity contribution in [3.8, 4) is 5.75 Å². The van der Waals surface area contributed by atoms with Crippen molar-refractivity contribution >= 4 is 17.9 Å². The summed E-state index contributed by atoms with van der Waals surface area (Å²) in [4.78, 5) is 17.2. The average Bonchev–Trinajstić information content (AvgIpc) is 2.49. The van der Waals surface area contributed by atoms with Crippen LogP contribution < -0.4 is 4.90 Å². The molecule has 6 heteroatoms. The Kier molecular flexibility index (Phi) is 5.22. The largest absolute Gasteiger partial charge is 0.507 e. The van der Waals surface area contributed by atoms with Gasteiger partial charge in [-0.3, -0.25) is 4.99 Å². The molecule has 0 spiro atoms. The first-order valence-corrected chi connectivity index (χ1v) is 7.46. The van der Waals surface area contributed by atoms with Crippen molar-refractivity contribution in [2.75, 3.05) is 18.0 Å². The maximum atomic E-state index is 10.8. The quantitative estimate of drug-likeness (QED) is 0.644. The molecule has 0 aliphatic carbocycles. The topological polar surface area (TPSA) is 73.1 Å². The minimum absolute atomic E-state index is 0. The summed E-state index contributed by atoms with van der Waals surface area (Å²) in [6.45, 7) is 3.64. The predicted octanol–water partition coefficient (Wildman–Crippen LogP) is 1.98. The van der Waals surface area contributed by atoms with E-state index >= 15 is 0 Å². The van der Waals surface area contributed by atoms with Crippen LogP contribution in [0.3, 0.4) is 0 Å². The molecule has 2 aliphatic rings. The van der Waals surface area contributed by atoms with Crippen LogP contribution in [0.25, 0.3) is 0 Å². The van der Waals surface area contributed by atoms with E-state index in [0.717, 1.165) is 44.3 Å². The number of carboxylic acid groups (broad SMARTS) is 1. The number of hydrogen-bond acceptors (Lipinski definition) is 4. The Morgan fingerprint density at radius 3 is 2.73 bits per heavy atom. The summed E-state index contributed by atoms with van der Waals surface area (Å²) in [7, 11) is 0. The summed E-state index contributed by atoms with van der Waals surface area (Å²) >= 11 is 0. The molecule has 0 saturated heterocycles. The van der Waals surface area contributed by atoms with E-state index in [-0.39, 0.29) is 25.2 Å². The molecule has 0 saturated carbocycles. The molecule has 0 amide bonds. The van der Waals surface area contributed by atoms with Gasteiger partial charge < -0.3 is 15.1 Å². The van der Waals surface area contributed by atoms with Gasteiger partial charge in [0.2, 0.25) is 0 Å². The van der Waals surface area contributed by atoms with E-state index in [1.54, 1.807) is 0 Å². The second kappa shape index (κ2) is 6.78.